The molecule has 1 rings (SSSR count). The van der Waals surface area contributed by atoms with Crippen LogP contribution in [0.3, 0.4) is 0 Å². The molecule has 0 saturated heterocycles. The Kier molecular flexibility index (Phi) is 4.33. The topological polar surface area (TPSA) is 71.1 Å². The van der Waals surface area contributed by atoms with Crippen molar-refractivity contribution in [1.82, 2.24) is 0 Å². The molecular formula is C11H12O6. The second-order valence-electron chi connectivity index (χ2n) is 2.91. The van der Waals surface area contributed by atoms with Crippen molar-refractivity contribution in [2.75, 3.05) is 21.3 Å². The summed E-state index contributed by atoms with van der Waals surface area (Å²) in [4.78, 5) is 22.2. The Morgan fingerprint density at radius 2 is 1.76 bits per heavy atom. The molecule has 0 aliphatic heterocycles. The first-order chi connectivity index (χ1) is 8.12. The predicted molar refractivity (Wildman–Crippen MR) is 57.4 cm³/mol. The average molecular weight is 240 g/mol. The highest BCUT2D eigenvalue weighted by atomic mass is 16.7. The number of hydrogen-bond donors (Lipinski definition) is 0. The summed E-state index contributed by atoms with van der Waals surface area (Å²) in [6.45, 7) is 0. The van der Waals surface area contributed by atoms with Crippen LogP contribution in [0.25, 0.3) is 0 Å². The van der Waals surface area contributed by atoms with Crippen LogP contribution in [0.4, 0.5) is 4.79 Å². The Labute approximate surface area is 98.0 Å². The van der Waals surface area contributed by atoms with Gasteiger partial charge in [0.15, 0.2) is 0 Å². The number of methoxy groups -OCH3 is 3. The summed E-state index contributed by atoms with van der Waals surface area (Å²) < 4.78 is 18.7. The molecule has 0 aromatic heterocycles. The van der Waals surface area contributed by atoms with Gasteiger partial charge in [0.1, 0.15) is 17.1 Å². The summed E-state index contributed by atoms with van der Waals surface area (Å²) >= 11 is 0. The lowest BCUT2D eigenvalue weighted by Gasteiger charge is -2.08. The zero-order chi connectivity index (χ0) is 12.8. The number of carbonyl (C=O) groups excluding carboxylic acids is 2. The van der Waals surface area contributed by atoms with E-state index in [1.54, 1.807) is 0 Å². The van der Waals surface area contributed by atoms with Gasteiger partial charge < -0.3 is 18.9 Å². The van der Waals surface area contributed by atoms with Crippen LogP contribution in [-0.4, -0.2) is 33.5 Å². The van der Waals surface area contributed by atoms with Crippen molar-refractivity contribution in [3.63, 3.8) is 0 Å². The zero-order valence-electron chi connectivity index (χ0n) is 9.68. The van der Waals surface area contributed by atoms with Gasteiger partial charge in [-0.2, -0.15) is 0 Å². The maximum absolute atomic E-state index is 11.3. The molecule has 0 unspecified atom stereocenters. The van der Waals surface area contributed by atoms with Crippen LogP contribution < -0.4 is 9.47 Å². The number of rotatable bonds is 3. The van der Waals surface area contributed by atoms with Crippen molar-refractivity contribution in [3.8, 4) is 11.5 Å². The van der Waals surface area contributed by atoms with Crippen LogP contribution in [0.2, 0.25) is 0 Å². The third kappa shape index (κ3) is 3.10. The Bertz CT molecular complexity index is 426. The second-order valence-corrected chi connectivity index (χ2v) is 2.91. The van der Waals surface area contributed by atoms with Gasteiger partial charge in [-0.1, -0.05) is 0 Å². The van der Waals surface area contributed by atoms with E-state index in [1.807, 2.05) is 0 Å². The molecule has 0 fully saturated rings. The highest BCUT2D eigenvalue weighted by Gasteiger charge is 2.14. The summed E-state index contributed by atoms with van der Waals surface area (Å²) in [5.74, 6) is -0.0777. The van der Waals surface area contributed by atoms with E-state index in [0.717, 1.165) is 0 Å². The number of benzene rings is 1. The molecule has 0 amide bonds. The first-order valence-corrected chi connectivity index (χ1v) is 4.64. The Hall–Kier alpha value is -2.24. The molecule has 0 saturated carbocycles. The summed E-state index contributed by atoms with van der Waals surface area (Å²) in [5.41, 5.74) is 0.243. The minimum Gasteiger partial charge on any atom is -0.496 e. The fraction of sp³-hybridized carbons (Fsp3) is 0.273. The average Bonchev–Trinajstić information content (AvgIpc) is 2.37. The predicted octanol–water partition coefficient (Wildman–Crippen LogP) is 1.63. The van der Waals surface area contributed by atoms with Gasteiger partial charge in [-0.15, -0.1) is 0 Å². The van der Waals surface area contributed by atoms with E-state index in [1.165, 1.54) is 39.5 Å². The van der Waals surface area contributed by atoms with E-state index < -0.39 is 12.1 Å². The molecule has 92 valence electrons. The van der Waals surface area contributed by atoms with E-state index in [0.29, 0.717) is 0 Å². The van der Waals surface area contributed by atoms with Crippen molar-refractivity contribution in [2.45, 2.75) is 0 Å². The van der Waals surface area contributed by atoms with Crippen LogP contribution in [0.1, 0.15) is 10.4 Å². The van der Waals surface area contributed by atoms with Gasteiger partial charge >= 0.3 is 12.1 Å². The van der Waals surface area contributed by atoms with Gasteiger partial charge in [0.25, 0.3) is 0 Å². The molecule has 17 heavy (non-hydrogen) atoms. The molecule has 6 nitrogen and oxygen atoms in total. The molecule has 0 aliphatic carbocycles. The molecule has 0 aliphatic rings. The van der Waals surface area contributed by atoms with Gasteiger partial charge in [-0.3, -0.25) is 0 Å². The summed E-state index contributed by atoms with van der Waals surface area (Å²) in [6, 6.07) is 4.26. The Morgan fingerprint density at radius 1 is 1.06 bits per heavy atom. The maximum atomic E-state index is 11.3. The summed E-state index contributed by atoms with van der Waals surface area (Å²) in [5, 5.41) is 0. The molecule has 1 aromatic carbocycles. The second kappa shape index (κ2) is 5.74. The largest absolute Gasteiger partial charge is 0.513 e. The number of hydrogen-bond acceptors (Lipinski definition) is 6. The number of ether oxygens (including phenoxy) is 4. The first-order valence-electron chi connectivity index (χ1n) is 4.64. The molecule has 0 N–H and O–H groups in total. The van der Waals surface area contributed by atoms with Crippen molar-refractivity contribution in [1.29, 1.82) is 0 Å². The molecule has 0 radical (unpaired) electrons. The minimum atomic E-state index is -0.849. The van der Waals surface area contributed by atoms with Crippen LogP contribution in [0, 0.1) is 0 Å². The Balaban J connectivity index is 3.00. The monoisotopic (exact) mass is 240 g/mol. The third-order valence-electron chi connectivity index (χ3n) is 1.95. The first kappa shape index (κ1) is 12.8. The molecule has 0 heterocycles. The van der Waals surface area contributed by atoms with Crippen LogP contribution in [0.15, 0.2) is 18.2 Å². The van der Waals surface area contributed by atoms with Gasteiger partial charge in [0.05, 0.1) is 21.3 Å². The maximum Gasteiger partial charge on any atom is 0.513 e. The minimum absolute atomic E-state index is 0.210. The van der Waals surface area contributed by atoms with Crippen molar-refractivity contribution >= 4 is 12.1 Å². The van der Waals surface area contributed by atoms with Crippen LogP contribution in [0.5, 0.6) is 11.5 Å². The van der Waals surface area contributed by atoms with E-state index in [-0.39, 0.29) is 17.1 Å². The molecule has 0 bridgehead atoms. The summed E-state index contributed by atoms with van der Waals surface area (Å²) in [7, 11) is 3.85. The quantitative estimate of drug-likeness (QED) is 0.590. The lowest BCUT2D eigenvalue weighted by molar-refractivity contribution is 0.0597. The van der Waals surface area contributed by atoms with Gasteiger partial charge in [-0.05, 0) is 12.1 Å². The SMILES string of the molecule is COC(=O)Oc1ccc(C(=O)OC)c(OC)c1. The van der Waals surface area contributed by atoms with Crippen molar-refractivity contribution in [2.24, 2.45) is 0 Å². The molecular weight excluding hydrogens is 228 g/mol. The number of esters is 1. The Morgan fingerprint density at radius 3 is 2.29 bits per heavy atom. The highest BCUT2D eigenvalue weighted by molar-refractivity contribution is 5.92. The van der Waals surface area contributed by atoms with E-state index in [4.69, 9.17) is 9.47 Å². The zero-order valence-corrected chi connectivity index (χ0v) is 9.68. The molecule has 0 spiro atoms. The van der Waals surface area contributed by atoms with E-state index >= 15 is 0 Å². The van der Waals surface area contributed by atoms with Gasteiger partial charge in [0.2, 0.25) is 0 Å². The van der Waals surface area contributed by atoms with E-state index in [9.17, 15) is 9.59 Å². The molecule has 0 atom stereocenters. The lowest BCUT2D eigenvalue weighted by Crippen LogP contribution is -2.08. The van der Waals surface area contributed by atoms with Gasteiger partial charge in [-0.25, -0.2) is 9.59 Å². The standard InChI is InChI=1S/C11H12O6/c1-14-9-6-7(17-11(13)16-3)4-5-8(9)10(12)15-2/h4-6H,1-3H3. The van der Waals surface area contributed by atoms with E-state index in [2.05, 4.69) is 9.47 Å². The lowest BCUT2D eigenvalue weighted by atomic mass is 10.2. The van der Waals surface area contributed by atoms with Gasteiger partial charge in [0, 0.05) is 6.07 Å². The van der Waals surface area contributed by atoms with Crippen LogP contribution in [-0.2, 0) is 9.47 Å². The molecule has 6 heteroatoms. The fourth-order valence-corrected chi connectivity index (χ4v) is 1.15. The van der Waals surface area contributed by atoms with Crippen LogP contribution >= 0.6 is 0 Å². The smallest absolute Gasteiger partial charge is 0.496 e. The van der Waals surface area contributed by atoms with Crippen molar-refractivity contribution in [3.05, 3.63) is 23.8 Å². The highest BCUT2D eigenvalue weighted by Crippen LogP contribution is 2.25. The summed E-state index contributed by atoms with van der Waals surface area (Å²) in [6.07, 6.45) is -0.849. The van der Waals surface area contributed by atoms with Crippen molar-refractivity contribution < 1.29 is 28.5 Å². The molecule has 1 aromatic rings. The number of carbonyl (C=O) groups is 2. The normalized spacial score (nSPS) is 9.35. The fourth-order valence-electron chi connectivity index (χ4n) is 1.15. The third-order valence-corrected chi connectivity index (χ3v) is 1.95.